The smallest absolute Gasteiger partial charge is 0.383 e. The van der Waals surface area contributed by atoms with E-state index in [2.05, 4.69) is 5.32 Å². The van der Waals surface area contributed by atoms with Crippen LogP contribution in [0.3, 0.4) is 0 Å². The molecule has 6 nitrogen and oxygen atoms in total. The number of aryl methyl sites for hydroxylation is 1. The van der Waals surface area contributed by atoms with Crippen LogP contribution < -0.4 is 5.32 Å². The molecule has 3 aliphatic rings. The number of nitrogens with one attached hydrogen (secondary N) is 1. The number of alkyl halides is 3. The van der Waals surface area contributed by atoms with Crippen LogP contribution in [0.2, 0.25) is 0 Å². The molecule has 2 unspecified atom stereocenters. The van der Waals surface area contributed by atoms with Crippen LogP contribution in [0.4, 0.5) is 13.2 Å². The molecule has 2 aromatic rings. The Morgan fingerprint density at radius 2 is 1.73 bits per heavy atom. The largest absolute Gasteiger partial charge is 0.412 e. The van der Waals surface area contributed by atoms with E-state index in [0.29, 0.717) is 43.9 Å². The zero-order valence-corrected chi connectivity index (χ0v) is 25.6. The average molecular weight is 610 g/mol. The normalized spacial score (nSPS) is 21.5. The Morgan fingerprint density at radius 1 is 0.977 bits per heavy atom. The van der Waals surface area contributed by atoms with Crippen molar-refractivity contribution in [2.24, 2.45) is 11.8 Å². The molecule has 1 aromatic heterocycles. The van der Waals surface area contributed by atoms with E-state index in [9.17, 15) is 22.8 Å². The van der Waals surface area contributed by atoms with Crippen molar-refractivity contribution in [2.75, 3.05) is 20.3 Å². The predicted molar refractivity (Wildman–Crippen MR) is 165 cm³/mol. The van der Waals surface area contributed by atoms with Gasteiger partial charge in [-0.05, 0) is 98.6 Å². The molecule has 1 fully saturated rings. The third kappa shape index (κ3) is 7.60. The molecule has 236 valence electrons. The number of ether oxygens (including phenoxy) is 1. The van der Waals surface area contributed by atoms with E-state index in [4.69, 9.17) is 9.84 Å². The predicted octanol–water partition coefficient (Wildman–Crippen LogP) is 7.73. The molecule has 0 aliphatic heterocycles. The molecule has 0 radical (unpaired) electrons. The van der Waals surface area contributed by atoms with Gasteiger partial charge in [-0.15, -0.1) is 0 Å². The van der Waals surface area contributed by atoms with Gasteiger partial charge >= 0.3 is 6.18 Å². The van der Waals surface area contributed by atoms with Gasteiger partial charge < -0.3 is 10.1 Å². The Bertz CT molecular complexity index is 1510. The number of rotatable bonds is 9. The average Bonchev–Trinajstić information content (AvgIpc) is 3.42. The lowest BCUT2D eigenvalue weighted by molar-refractivity contribution is -0.120. The van der Waals surface area contributed by atoms with Crippen molar-refractivity contribution >= 4 is 22.6 Å². The summed E-state index contributed by atoms with van der Waals surface area (Å²) in [5.41, 5.74) is 4.77. The van der Waals surface area contributed by atoms with Crippen LogP contribution in [0.25, 0.3) is 10.9 Å². The summed E-state index contributed by atoms with van der Waals surface area (Å²) in [6, 6.07) is 3.73. The van der Waals surface area contributed by atoms with E-state index < -0.39 is 11.7 Å². The van der Waals surface area contributed by atoms with Gasteiger partial charge in [0.1, 0.15) is 0 Å². The Hall–Kier alpha value is -3.46. The summed E-state index contributed by atoms with van der Waals surface area (Å²) >= 11 is 0. The fraction of sp³-hybridized carbons (Fsp3) is 0.514. The molecule has 1 aromatic carbocycles. The molecule has 44 heavy (non-hydrogen) atoms. The number of hydrogen-bond acceptors (Lipinski definition) is 4. The second kappa shape index (κ2) is 14.1. The molecule has 9 heteroatoms. The number of hydrogen-bond donors (Lipinski definition) is 1. The zero-order valence-electron chi connectivity index (χ0n) is 25.6. The number of ketones is 1. The van der Waals surface area contributed by atoms with E-state index in [1.165, 1.54) is 6.08 Å². The number of halogens is 3. The molecule has 1 amide bonds. The molecule has 0 spiro atoms. The number of carbonyl (C=O) groups is 2. The van der Waals surface area contributed by atoms with Gasteiger partial charge in [-0.1, -0.05) is 37.1 Å². The number of fused-ring (bicyclic) bond motifs is 1. The summed E-state index contributed by atoms with van der Waals surface area (Å²) in [6.07, 6.45) is 12.0. The van der Waals surface area contributed by atoms with Crippen molar-refractivity contribution in [2.45, 2.75) is 83.9 Å². The van der Waals surface area contributed by atoms with Crippen LogP contribution in [0.1, 0.15) is 80.1 Å². The Labute approximate surface area is 257 Å². The second-order valence-electron chi connectivity index (χ2n) is 12.3. The topological polar surface area (TPSA) is 73.2 Å². The minimum atomic E-state index is -4.27. The number of aromatic nitrogens is 2. The molecular weight excluding hydrogens is 567 g/mol. The highest BCUT2D eigenvalue weighted by atomic mass is 19.4. The highest BCUT2D eigenvalue weighted by Gasteiger charge is 2.34. The minimum absolute atomic E-state index is 0.00305. The van der Waals surface area contributed by atoms with Crippen LogP contribution >= 0.6 is 0 Å². The summed E-state index contributed by atoms with van der Waals surface area (Å²) in [5, 5.41) is 8.66. The van der Waals surface area contributed by atoms with Crippen molar-refractivity contribution in [3.05, 3.63) is 76.1 Å². The molecule has 3 aliphatic carbocycles. The minimum Gasteiger partial charge on any atom is -0.383 e. The van der Waals surface area contributed by atoms with E-state index in [0.717, 1.165) is 78.3 Å². The first-order valence-corrected chi connectivity index (χ1v) is 15.8. The summed E-state index contributed by atoms with van der Waals surface area (Å²) in [4.78, 5) is 26.2. The first kappa shape index (κ1) is 31.9. The van der Waals surface area contributed by atoms with Crippen LogP contribution in [0, 0.1) is 18.8 Å². The lowest BCUT2D eigenvalue weighted by Gasteiger charge is -2.26. The van der Waals surface area contributed by atoms with Gasteiger partial charge in [0.25, 0.3) is 5.91 Å². The standard InChI is InChI=1S/C35H42F3N3O3/c1-23-30(34(43)39-19-20-44-2)17-18-32-31(23)22-41(40-32)21-24-5-3-4-6-27(8-7-24)33(42)28-11-9-25(10-12-28)26-13-15-29(16-14-26)35(36,37)38/h9,11,13,15,17-18,22,24,27H,3-8,10,12,14,16,19-21H2,1-2H3,(H,39,43). The van der Waals surface area contributed by atoms with Crippen LogP contribution in [0.5, 0.6) is 0 Å². The third-order valence-corrected chi connectivity index (χ3v) is 9.39. The first-order valence-electron chi connectivity index (χ1n) is 15.8. The van der Waals surface area contributed by atoms with Crippen molar-refractivity contribution in [3.8, 4) is 0 Å². The summed E-state index contributed by atoms with van der Waals surface area (Å²) in [6.45, 7) is 3.65. The van der Waals surface area contributed by atoms with E-state index in [1.54, 1.807) is 13.2 Å². The zero-order chi connectivity index (χ0) is 31.3. The maximum atomic E-state index is 13.5. The Balaban J connectivity index is 1.20. The maximum Gasteiger partial charge on any atom is 0.412 e. The van der Waals surface area contributed by atoms with Crippen molar-refractivity contribution in [1.82, 2.24) is 15.1 Å². The number of carbonyl (C=O) groups excluding carboxylic acids is 2. The number of amides is 1. The highest BCUT2D eigenvalue weighted by Crippen LogP contribution is 2.38. The van der Waals surface area contributed by atoms with Gasteiger partial charge in [-0.25, -0.2) is 0 Å². The maximum absolute atomic E-state index is 13.5. The fourth-order valence-electron chi connectivity index (χ4n) is 6.75. The Morgan fingerprint density at radius 3 is 2.41 bits per heavy atom. The van der Waals surface area contributed by atoms with Crippen molar-refractivity contribution in [3.63, 3.8) is 0 Å². The lowest BCUT2D eigenvalue weighted by atomic mass is 9.79. The van der Waals surface area contributed by atoms with Crippen molar-refractivity contribution < 1.29 is 27.5 Å². The molecule has 2 atom stereocenters. The lowest BCUT2D eigenvalue weighted by Crippen LogP contribution is -2.27. The van der Waals surface area contributed by atoms with Gasteiger partial charge in [0.05, 0.1) is 12.1 Å². The molecule has 0 saturated heterocycles. The summed E-state index contributed by atoms with van der Waals surface area (Å²) < 4.78 is 45.9. The van der Waals surface area contributed by atoms with Crippen molar-refractivity contribution in [1.29, 1.82) is 0 Å². The van der Waals surface area contributed by atoms with E-state index in [1.807, 2.05) is 42.1 Å². The third-order valence-electron chi connectivity index (χ3n) is 9.39. The first-order chi connectivity index (χ1) is 21.1. The van der Waals surface area contributed by atoms with Crippen LogP contribution in [-0.4, -0.2) is 47.9 Å². The van der Waals surface area contributed by atoms with Crippen LogP contribution in [0.15, 0.2) is 64.9 Å². The molecule has 0 bridgehead atoms. The quantitative estimate of drug-likeness (QED) is 0.295. The monoisotopic (exact) mass is 609 g/mol. The summed E-state index contributed by atoms with van der Waals surface area (Å²) in [5.74, 6) is 0.530. The number of allylic oxidation sites excluding steroid dienone is 8. The summed E-state index contributed by atoms with van der Waals surface area (Å²) in [7, 11) is 1.60. The molecule has 1 saturated carbocycles. The van der Waals surface area contributed by atoms with Crippen LogP contribution in [-0.2, 0) is 16.1 Å². The van der Waals surface area contributed by atoms with E-state index in [-0.39, 0.29) is 24.0 Å². The molecule has 1 heterocycles. The van der Waals surface area contributed by atoms with E-state index >= 15 is 0 Å². The van der Waals surface area contributed by atoms with Gasteiger partial charge in [0, 0.05) is 48.8 Å². The number of methoxy groups -OCH3 is 1. The van der Waals surface area contributed by atoms with Gasteiger partial charge in [-0.3, -0.25) is 14.3 Å². The van der Waals surface area contributed by atoms with Gasteiger partial charge in [0.15, 0.2) is 5.78 Å². The molecule has 1 N–H and O–H groups in total. The SMILES string of the molecule is COCCNC(=O)c1ccc2nn(CC3CCCCC(C(=O)C4=CC=C(C5=CC=C(C(F)(F)F)CC5)CC4)CC3)cc2c1C. The number of Topliss-reactive ketones (excluding diaryl/α,β-unsaturated/α-hetero) is 1. The van der Waals surface area contributed by atoms with Gasteiger partial charge in [-0.2, -0.15) is 18.3 Å². The molecule has 5 rings (SSSR count). The van der Waals surface area contributed by atoms with Gasteiger partial charge in [0.2, 0.25) is 0 Å². The number of benzene rings is 1. The molecular formula is C35H42F3N3O3. The number of nitrogens with zero attached hydrogens (tertiary/aromatic N) is 2. The highest BCUT2D eigenvalue weighted by molar-refractivity contribution is 6.00. The Kier molecular flexibility index (Phi) is 10.2. The fourth-order valence-corrected chi connectivity index (χ4v) is 6.75. The second-order valence-corrected chi connectivity index (χ2v) is 12.3.